The number of anilines is 2. The van der Waals surface area contributed by atoms with Gasteiger partial charge in [-0.05, 0) is 60.6 Å². The first kappa shape index (κ1) is 28.9. The lowest BCUT2D eigenvalue weighted by Crippen LogP contribution is -2.26. The van der Waals surface area contributed by atoms with Crippen LogP contribution in [0, 0.1) is 5.82 Å². The van der Waals surface area contributed by atoms with Gasteiger partial charge in [-0.1, -0.05) is 30.7 Å². The Kier molecular flexibility index (Phi) is 8.79. The Bertz CT molecular complexity index is 1800. The molecule has 0 unspecified atom stereocenters. The third kappa shape index (κ3) is 7.36. The number of halogens is 2. The summed E-state index contributed by atoms with van der Waals surface area (Å²) in [6.07, 6.45) is 4.44. The molecule has 0 saturated carbocycles. The number of aromatic nitrogens is 3. The van der Waals surface area contributed by atoms with Crippen LogP contribution in [-0.4, -0.2) is 41.9 Å². The highest BCUT2D eigenvalue weighted by Crippen LogP contribution is 2.34. The van der Waals surface area contributed by atoms with Crippen molar-refractivity contribution in [3.05, 3.63) is 94.5 Å². The minimum absolute atomic E-state index is 0.000697. The molecule has 0 radical (unpaired) electrons. The second-order valence-corrected chi connectivity index (χ2v) is 13.1. The van der Waals surface area contributed by atoms with E-state index in [0.717, 1.165) is 26.4 Å². The molecule has 0 bridgehead atoms. The Balaban J connectivity index is 1.37. The maximum atomic E-state index is 13.5. The van der Waals surface area contributed by atoms with Gasteiger partial charge in [0.25, 0.3) is 0 Å². The molecule has 0 aliphatic heterocycles. The van der Waals surface area contributed by atoms with Crippen LogP contribution in [0.2, 0.25) is 5.02 Å². The summed E-state index contributed by atoms with van der Waals surface area (Å²) < 4.78 is 43.1. The quantitative estimate of drug-likeness (QED) is 0.173. The van der Waals surface area contributed by atoms with Crippen molar-refractivity contribution < 1.29 is 17.5 Å². The lowest BCUT2D eigenvalue weighted by molar-refractivity contribution is 0.306. The molecule has 0 aliphatic rings. The molecule has 12 heteroatoms. The Morgan fingerprint density at radius 2 is 1.93 bits per heavy atom. The molecule has 2 heterocycles. The first-order valence-corrected chi connectivity index (χ1v) is 16.0. The zero-order valence-electron chi connectivity index (χ0n) is 22.3. The van der Waals surface area contributed by atoms with Crippen LogP contribution in [0.4, 0.5) is 15.9 Å². The maximum absolute atomic E-state index is 13.5. The van der Waals surface area contributed by atoms with Gasteiger partial charge in [-0.25, -0.2) is 27.8 Å². The number of thiazole rings is 1. The zero-order valence-corrected chi connectivity index (χ0v) is 24.7. The average Bonchev–Trinajstić information content (AvgIpc) is 3.42. The molecule has 2 aromatic heterocycles. The molecule has 0 aliphatic carbocycles. The van der Waals surface area contributed by atoms with E-state index in [9.17, 15) is 12.8 Å². The highest BCUT2D eigenvalue weighted by molar-refractivity contribution is 7.90. The minimum Gasteiger partial charge on any atom is -0.487 e. The van der Waals surface area contributed by atoms with Gasteiger partial charge in [0.2, 0.25) is 0 Å². The van der Waals surface area contributed by atoms with Gasteiger partial charge in [-0.2, -0.15) is 0 Å². The number of nitrogens with one attached hydrogen (secondary N) is 2. The fraction of sp³-hybridized carbons (Fsp3) is 0.207. The Morgan fingerprint density at radius 3 is 2.68 bits per heavy atom. The van der Waals surface area contributed by atoms with Gasteiger partial charge in [0.15, 0.2) is 0 Å². The predicted molar refractivity (Wildman–Crippen MR) is 162 cm³/mol. The van der Waals surface area contributed by atoms with Crippen molar-refractivity contribution >= 4 is 55.2 Å². The summed E-state index contributed by atoms with van der Waals surface area (Å²) >= 11 is 7.93. The Morgan fingerprint density at radius 1 is 1.07 bits per heavy atom. The van der Waals surface area contributed by atoms with E-state index < -0.39 is 9.84 Å². The molecule has 0 fully saturated rings. The van der Waals surface area contributed by atoms with Gasteiger partial charge < -0.3 is 15.4 Å². The summed E-state index contributed by atoms with van der Waals surface area (Å²) in [5, 5.41) is 8.48. The van der Waals surface area contributed by atoms with E-state index in [0.29, 0.717) is 34.4 Å². The van der Waals surface area contributed by atoms with Crippen LogP contribution in [0.1, 0.15) is 23.4 Å². The standard InChI is InChI=1S/C29H27ClFN5O3S2/c1-3-32-25(16-41(2,37)38)27-14-33-29(40-27)19-7-9-24-22(12-19)28(35-17-34-24)36-21-8-10-26(23(30)13-21)39-15-18-5-4-6-20(31)11-18/h4-14,17,25,32H,3,15-16H2,1-2H3,(H,34,35,36)/t25-/m0/s1. The van der Waals surface area contributed by atoms with Crippen molar-refractivity contribution in [2.45, 2.75) is 19.6 Å². The van der Waals surface area contributed by atoms with Gasteiger partial charge in [0.05, 0.1) is 22.3 Å². The van der Waals surface area contributed by atoms with E-state index in [4.69, 9.17) is 16.3 Å². The van der Waals surface area contributed by atoms with Crippen molar-refractivity contribution in [3.8, 4) is 16.3 Å². The van der Waals surface area contributed by atoms with E-state index in [-0.39, 0.29) is 24.2 Å². The highest BCUT2D eigenvalue weighted by Gasteiger charge is 2.20. The van der Waals surface area contributed by atoms with Crippen LogP contribution >= 0.6 is 22.9 Å². The molecule has 3 aromatic carbocycles. The maximum Gasteiger partial charge on any atom is 0.149 e. The third-order valence-electron chi connectivity index (χ3n) is 6.15. The van der Waals surface area contributed by atoms with Crippen LogP contribution in [0.3, 0.4) is 0 Å². The molecule has 1 atom stereocenters. The van der Waals surface area contributed by atoms with E-state index in [1.807, 2.05) is 31.2 Å². The number of rotatable bonds is 11. The monoisotopic (exact) mass is 611 g/mol. The number of ether oxygens (including phenoxy) is 1. The van der Waals surface area contributed by atoms with Crippen LogP contribution in [0.5, 0.6) is 5.75 Å². The molecule has 41 heavy (non-hydrogen) atoms. The average molecular weight is 612 g/mol. The summed E-state index contributed by atoms with van der Waals surface area (Å²) in [6.45, 7) is 2.77. The molecule has 5 aromatic rings. The molecule has 212 valence electrons. The smallest absolute Gasteiger partial charge is 0.149 e. The van der Waals surface area contributed by atoms with Gasteiger partial charge in [0.1, 0.15) is 45.2 Å². The zero-order chi connectivity index (χ0) is 29.0. The Hall–Kier alpha value is -3.64. The third-order valence-corrected chi connectivity index (χ3v) is 8.54. The van der Waals surface area contributed by atoms with Gasteiger partial charge in [-0.3, -0.25) is 0 Å². The second-order valence-electron chi connectivity index (χ2n) is 9.41. The summed E-state index contributed by atoms with van der Waals surface area (Å²) in [6, 6.07) is 17.0. The predicted octanol–water partition coefficient (Wildman–Crippen LogP) is 6.56. The number of nitrogens with zero attached hydrogens (tertiary/aromatic N) is 3. The second kappa shape index (κ2) is 12.5. The normalized spacial score (nSPS) is 12.4. The summed E-state index contributed by atoms with van der Waals surface area (Å²) in [7, 11) is -3.18. The number of sulfone groups is 1. The van der Waals surface area contributed by atoms with Gasteiger partial charge in [0, 0.05) is 34.0 Å². The van der Waals surface area contributed by atoms with Crippen molar-refractivity contribution in [2.24, 2.45) is 0 Å². The topological polar surface area (TPSA) is 106 Å². The van der Waals surface area contributed by atoms with E-state index in [1.54, 1.807) is 30.5 Å². The fourth-order valence-corrected chi connectivity index (χ4v) is 6.51. The number of hydrogen-bond acceptors (Lipinski definition) is 9. The lowest BCUT2D eigenvalue weighted by Gasteiger charge is -2.14. The van der Waals surface area contributed by atoms with Crippen molar-refractivity contribution in [2.75, 3.05) is 23.9 Å². The van der Waals surface area contributed by atoms with E-state index in [1.165, 1.54) is 36.1 Å². The Labute approximate surface area is 246 Å². The molecular weight excluding hydrogens is 585 g/mol. The lowest BCUT2D eigenvalue weighted by atomic mass is 10.1. The largest absolute Gasteiger partial charge is 0.487 e. The van der Waals surface area contributed by atoms with E-state index in [2.05, 4.69) is 25.6 Å². The molecule has 0 amide bonds. The summed E-state index contributed by atoms with van der Waals surface area (Å²) in [4.78, 5) is 14.3. The van der Waals surface area contributed by atoms with Crippen LogP contribution < -0.4 is 15.4 Å². The minimum atomic E-state index is -3.18. The molecule has 2 N–H and O–H groups in total. The van der Waals surface area contributed by atoms with Gasteiger partial charge >= 0.3 is 0 Å². The molecular formula is C29H27ClFN5O3S2. The van der Waals surface area contributed by atoms with Crippen LogP contribution in [0.25, 0.3) is 21.5 Å². The van der Waals surface area contributed by atoms with Crippen molar-refractivity contribution in [1.82, 2.24) is 20.3 Å². The highest BCUT2D eigenvalue weighted by atomic mass is 35.5. The molecule has 8 nitrogen and oxygen atoms in total. The fourth-order valence-electron chi connectivity index (χ4n) is 4.28. The summed E-state index contributed by atoms with van der Waals surface area (Å²) in [5.74, 6) is 0.736. The molecule has 0 spiro atoms. The van der Waals surface area contributed by atoms with Crippen LogP contribution in [0.15, 0.2) is 73.2 Å². The molecule has 0 saturated heterocycles. The number of hydrogen-bond donors (Lipinski definition) is 2. The SMILES string of the molecule is CCN[C@@H](CS(C)(=O)=O)c1cnc(-c2ccc3ncnc(Nc4ccc(OCc5cccc(F)c5)c(Cl)c4)c3c2)s1. The van der Waals surface area contributed by atoms with Crippen molar-refractivity contribution in [1.29, 1.82) is 0 Å². The van der Waals surface area contributed by atoms with Gasteiger partial charge in [-0.15, -0.1) is 11.3 Å². The number of fused-ring (bicyclic) bond motifs is 1. The molecule has 5 rings (SSSR count). The van der Waals surface area contributed by atoms with Crippen LogP contribution in [-0.2, 0) is 16.4 Å². The summed E-state index contributed by atoms with van der Waals surface area (Å²) in [5.41, 5.74) is 3.00. The first-order valence-electron chi connectivity index (χ1n) is 12.7. The first-order chi connectivity index (χ1) is 19.7. The number of benzene rings is 3. The van der Waals surface area contributed by atoms with E-state index >= 15 is 0 Å². The van der Waals surface area contributed by atoms with Crippen molar-refractivity contribution in [3.63, 3.8) is 0 Å².